The van der Waals surface area contributed by atoms with Crippen molar-refractivity contribution < 1.29 is 27.3 Å². The minimum Gasteiger partial charge on any atom is -0.397 e. The summed E-state index contributed by atoms with van der Waals surface area (Å²) in [7, 11) is 0. The van der Waals surface area contributed by atoms with Crippen molar-refractivity contribution >= 4 is 28.9 Å². The first-order chi connectivity index (χ1) is 9.56. The van der Waals surface area contributed by atoms with E-state index in [1.54, 1.807) is 0 Å². The van der Waals surface area contributed by atoms with Crippen LogP contribution in [0.1, 0.15) is 10.4 Å². The molecule has 0 heterocycles. The molecule has 1 aromatic carbocycles. The zero-order chi connectivity index (χ0) is 16.4. The Hall–Kier alpha value is -2.10. The predicted molar refractivity (Wildman–Crippen MR) is 65.8 cm³/mol. The number of hydrogen-bond donors (Lipinski definition) is 2. The van der Waals surface area contributed by atoms with Gasteiger partial charge < -0.3 is 11.1 Å². The number of hydrogen-bond acceptors (Lipinski definition) is 4. The highest BCUT2D eigenvalue weighted by Gasteiger charge is 2.41. The normalized spacial score (nSPS) is 11.5. The largest absolute Gasteiger partial charge is 0.397 e. The van der Waals surface area contributed by atoms with Gasteiger partial charge in [-0.15, -0.1) is 0 Å². The third-order valence-electron chi connectivity index (χ3n) is 2.37. The summed E-state index contributed by atoms with van der Waals surface area (Å²) in [4.78, 5) is 21.3. The lowest BCUT2D eigenvalue weighted by Gasteiger charge is -2.16. The quantitative estimate of drug-likeness (QED) is 0.375. The second-order valence-corrected chi connectivity index (χ2v) is 4.30. The second-order valence-electron chi connectivity index (χ2n) is 3.89. The molecule has 0 atom stereocenters. The van der Waals surface area contributed by atoms with Crippen LogP contribution in [0.5, 0.6) is 0 Å². The average molecular weight is 330 g/mol. The van der Waals surface area contributed by atoms with Crippen molar-refractivity contribution in [2.75, 3.05) is 12.3 Å². The molecule has 21 heavy (non-hydrogen) atoms. The molecule has 116 valence electrons. The van der Waals surface area contributed by atoms with Crippen LogP contribution in [0.15, 0.2) is 12.1 Å². The van der Waals surface area contributed by atoms with Gasteiger partial charge in [-0.05, 0) is 0 Å². The fourth-order valence-electron chi connectivity index (χ4n) is 1.27. The van der Waals surface area contributed by atoms with Gasteiger partial charge in [0.2, 0.25) is 0 Å². The molecule has 0 radical (unpaired) electrons. The molecule has 0 saturated heterocycles. The lowest BCUT2D eigenvalue weighted by Crippen LogP contribution is -2.41. The van der Waals surface area contributed by atoms with E-state index >= 15 is 0 Å². The highest BCUT2D eigenvalue weighted by atomic mass is 35.5. The van der Waals surface area contributed by atoms with Crippen molar-refractivity contribution in [1.82, 2.24) is 5.32 Å². The molecule has 3 N–H and O–H groups in total. The number of carbonyl (C=O) groups excluding carboxylic acids is 1. The Morgan fingerprint density at radius 1 is 1.48 bits per heavy atom. The molecule has 0 aliphatic carbocycles. The molecule has 0 bridgehead atoms. The summed E-state index contributed by atoms with van der Waals surface area (Å²) in [5.41, 5.74) is 3.86. The van der Waals surface area contributed by atoms with Gasteiger partial charge in [-0.1, -0.05) is 11.6 Å². The number of nitro benzene ring substituents is 1. The number of rotatable bonds is 5. The number of nitrogens with two attached hydrogens (primary N) is 1. The van der Waals surface area contributed by atoms with E-state index in [-0.39, 0.29) is 10.7 Å². The summed E-state index contributed by atoms with van der Waals surface area (Å²) < 4.78 is 49.2. The molecule has 0 aromatic heterocycles. The van der Waals surface area contributed by atoms with E-state index in [2.05, 4.69) is 0 Å². The molecule has 0 aliphatic rings. The molecular weight excluding hydrogens is 322 g/mol. The van der Waals surface area contributed by atoms with E-state index in [1.807, 2.05) is 0 Å². The van der Waals surface area contributed by atoms with E-state index in [9.17, 15) is 32.5 Å². The number of nitrogens with one attached hydrogen (secondary N) is 1. The Labute approximate surface area is 120 Å². The minimum absolute atomic E-state index is 0.338. The van der Waals surface area contributed by atoms with Gasteiger partial charge in [0.1, 0.15) is 0 Å². The van der Waals surface area contributed by atoms with Gasteiger partial charge in [-0.3, -0.25) is 14.9 Å². The zero-order valence-corrected chi connectivity index (χ0v) is 10.8. The van der Waals surface area contributed by atoms with Gasteiger partial charge in [0.05, 0.1) is 27.7 Å². The first-order valence-corrected chi connectivity index (χ1v) is 5.61. The third kappa shape index (κ3) is 3.94. The van der Waals surface area contributed by atoms with Crippen LogP contribution in [0.2, 0.25) is 5.02 Å². The number of benzene rings is 1. The topological polar surface area (TPSA) is 98.3 Å². The molecule has 0 saturated carbocycles. The smallest absolute Gasteiger partial charge is 0.324 e. The van der Waals surface area contributed by atoms with E-state index in [0.29, 0.717) is 6.07 Å². The Morgan fingerprint density at radius 3 is 2.52 bits per heavy atom. The van der Waals surface area contributed by atoms with Crippen LogP contribution in [0.25, 0.3) is 0 Å². The molecular formula is C10H8ClF4N3O3. The van der Waals surface area contributed by atoms with Gasteiger partial charge in [-0.25, -0.2) is 8.78 Å². The number of non-ortho nitro benzene ring substituents is 1. The van der Waals surface area contributed by atoms with Crippen molar-refractivity contribution in [3.05, 3.63) is 32.8 Å². The highest BCUT2D eigenvalue weighted by molar-refractivity contribution is 6.34. The molecule has 0 fully saturated rings. The SMILES string of the molecule is Nc1c(Cl)cc([N+](=O)[O-])cc1C(=O)NCC(F)(F)C(F)F. The van der Waals surface area contributed by atoms with Crippen molar-refractivity contribution in [1.29, 1.82) is 0 Å². The van der Waals surface area contributed by atoms with E-state index < -0.39 is 41.0 Å². The Bertz CT molecular complexity index is 583. The molecule has 1 rings (SSSR count). The van der Waals surface area contributed by atoms with E-state index in [1.165, 1.54) is 5.32 Å². The standard InChI is InChI=1S/C10H8ClF4N3O3/c11-6-2-4(18(20)21)1-5(7(6)16)8(19)17-3-10(14,15)9(12)13/h1-2,9H,3,16H2,(H,17,19). The average Bonchev–Trinajstić information content (AvgIpc) is 2.38. The zero-order valence-electron chi connectivity index (χ0n) is 10.1. The number of alkyl halides is 4. The second kappa shape index (κ2) is 6.12. The van der Waals surface area contributed by atoms with Crippen LogP contribution in [0.4, 0.5) is 28.9 Å². The summed E-state index contributed by atoms with van der Waals surface area (Å²) in [5, 5.41) is 11.8. The van der Waals surface area contributed by atoms with Gasteiger partial charge in [0.15, 0.2) is 0 Å². The molecule has 1 amide bonds. The lowest BCUT2D eigenvalue weighted by molar-refractivity contribution is -0.384. The first kappa shape index (κ1) is 17.0. The highest BCUT2D eigenvalue weighted by Crippen LogP contribution is 2.29. The number of anilines is 1. The van der Waals surface area contributed by atoms with Crippen LogP contribution >= 0.6 is 11.6 Å². The van der Waals surface area contributed by atoms with Gasteiger partial charge in [0, 0.05) is 12.1 Å². The van der Waals surface area contributed by atoms with Crippen LogP contribution in [0, 0.1) is 10.1 Å². The molecule has 11 heteroatoms. The van der Waals surface area contributed by atoms with Crippen LogP contribution in [0.3, 0.4) is 0 Å². The Kier molecular flexibility index (Phi) is 4.94. The molecule has 0 spiro atoms. The van der Waals surface area contributed by atoms with Crippen molar-refractivity contribution in [3.8, 4) is 0 Å². The minimum atomic E-state index is -4.44. The number of nitrogen functional groups attached to an aromatic ring is 1. The van der Waals surface area contributed by atoms with Crippen LogP contribution in [-0.4, -0.2) is 29.7 Å². The van der Waals surface area contributed by atoms with Crippen LogP contribution < -0.4 is 11.1 Å². The molecule has 1 aromatic rings. The van der Waals surface area contributed by atoms with Crippen LogP contribution in [-0.2, 0) is 0 Å². The summed E-state index contributed by atoms with van der Waals surface area (Å²) in [6, 6.07) is 1.57. The summed E-state index contributed by atoms with van der Waals surface area (Å²) in [6.07, 6.45) is -3.97. The van der Waals surface area contributed by atoms with Crippen molar-refractivity contribution in [2.45, 2.75) is 12.3 Å². The summed E-state index contributed by atoms with van der Waals surface area (Å²) in [5.74, 6) is -5.71. The van der Waals surface area contributed by atoms with Crippen molar-refractivity contribution in [3.63, 3.8) is 0 Å². The molecule has 0 aliphatic heterocycles. The molecule has 6 nitrogen and oxygen atoms in total. The lowest BCUT2D eigenvalue weighted by atomic mass is 10.1. The number of carbonyl (C=O) groups is 1. The predicted octanol–water partition coefficient (Wildman–Crippen LogP) is 2.46. The maximum atomic E-state index is 12.7. The summed E-state index contributed by atoms with van der Waals surface area (Å²) in [6.45, 7) is -1.65. The van der Waals surface area contributed by atoms with E-state index in [4.69, 9.17) is 17.3 Å². The Morgan fingerprint density at radius 2 is 2.05 bits per heavy atom. The van der Waals surface area contributed by atoms with Crippen molar-refractivity contribution in [2.24, 2.45) is 0 Å². The number of nitro groups is 1. The summed E-state index contributed by atoms with van der Waals surface area (Å²) >= 11 is 5.57. The van der Waals surface area contributed by atoms with Gasteiger partial charge >= 0.3 is 12.3 Å². The fraction of sp³-hybridized carbons (Fsp3) is 0.300. The first-order valence-electron chi connectivity index (χ1n) is 5.24. The monoisotopic (exact) mass is 329 g/mol. The molecule has 0 unspecified atom stereocenters. The van der Waals surface area contributed by atoms with Gasteiger partial charge in [-0.2, -0.15) is 8.78 Å². The number of halogens is 5. The van der Waals surface area contributed by atoms with Gasteiger partial charge in [0.25, 0.3) is 11.6 Å². The third-order valence-corrected chi connectivity index (χ3v) is 2.69. The maximum Gasteiger partial charge on any atom is 0.324 e. The van der Waals surface area contributed by atoms with E-state index in [0.717, 1.165) is 6.07 Å². The number of nitrogens with zero attached hydrogens (tertiary/aromatic N) is 1. The number of amides is 1. The fourth-order valence-corrected chi connectivity index (χ4v) is 1.48. The maximum absolute atomic E-state index is 12.7. The Balaban J connectivity index is 3.00.